The van der Waals surface area contributed by atoms with Crippen molar-refractivity contribution in [2.24, 2.45) is 0 Å². The van der Waals surface area contributed by atoms with Gasteiger partial charge in [0.15, 0.2) is 0 Å². The fourth-order valence-electron chi connectivity index (χ4n) is 3.40. The number of aliphatic hydroxyl groups is 1. The fourth-order valence-corrected chi connectivity index (χ4v) is 3.40. The van der Waals surface area contributed by atoms with Crippen molar-refractivity contribution in [1.82, 2.24) is 9.88 Å². The lowest BCUT2D eigenvalue weighted by atomic mass is 9.90. The predicted octanol–water partition coefficient (Wildman–Crippen LogP) is 2.22. The van der Waals surface area contributed by atoms with E-state index in [9.17, 15) is 18.3 Å². The van der Waals surface area contributed by atoms with Gasteiger partial charge in [0.1, 0.15) is 11.4 Å². The quantitative estimate of drug-likeness (QED) is 0.863. The zero-order valence-electron chi connectivity index (χ0n) is 12.9. The van der Waals surface area contributed by atoms with E-state index >= 15 is 0 Å². The molecule has 122 valence electrons. The van der Waals surface area contributed by atoms with Gasteiger partial charge in [0.2, 0.25) is 0 Å². The summed E-state index contributed by atoms with van der Waals surface area (Å²) in [6, 6.07) is 1.11. The summed E-state index contributed by atoms with van der Waals surface area (Å²) in [5, 5.41) is 10.9. The summed E-state index contributed by atoms with van der Waals surface area (Å²) in [6.07, 6.45) is -3.60. The average molecular weight is 315 g/mol. The molecule has 1 saturated heterocycles. The summed E-state index contributed by atoms with van der Waals surface area (Å²) in [7, 11) is 0. The molecule has 2 aliphatic heterocycles. The molecule has 0 aromatic carbocycles. The highest BCUT2D eigenvalue weighted by molar-refractivity contribution is 5.59. The maximum atomic E-state index is 12.9. The Labute approximate surface area is 127 Å². The van der Waals surface area contributed by atoms with E-state index in [1.54, 1.807) is 6.92 Å². The van der Waals surface area contributed by atoms with Crippen LogP contribution < -0.4 is 4.90 Å². The van der Waals surface area contributed by atoms with Crippen molar-refractivity contribution in [2.45, 2.75) is 44.6 Å². The fraction of sp³-hybridized carbons (Fsp3) is 0.667. The minimum atomic E-state index is -4.45. The molecule has 0 bridgehead atoms. The zero-order valence-corrected chi connectivity index (χ0v) is 12.9. The van der Waals surface area contributed by atoms with Crippen LogP contribution in [0.4, 0.5) is 19.0 Å². The number of anilines is 1. The second-order valence-electron chi connectivity index (χ2n) is 6.54. The summed E-state index contributed by atoms with van der Waals surface area (Å²) < 4.78 is 38.7. The van der Waals surface area contributed by atoms with Crippen molar-refractivity contribution in [2.75, 3.05) is 24.5 Å². The number of fused-ring (bicyclic) bond motifs is 3. The first-order valence-corrected chi connectivity index (χ1v) is 7.43. The molecule has 0 amide bonds. The Kier molecular flexibility index (Phi) is 3.41. The number of piperazine rings is 1. The Bertz CT molecular complexity index is 586. The largest absolute Gasteiger partial charge is 0.417 e. The van der Waals surface area contributed by atoms with Crippen LogP contribution in [0.3, 0.4) is 0 Å². The van der Waals surface area contributed by atoms with Crippen LogP contribution in [-0.4, -0.2) is 46.7 Å². The number of rotatable bonds is 1. The highest BCUT2D eigenvalue weighted by Gasteiger charge is 2.51. The maximum absolute atomic E-state index is 12.9. The van der Waals surface area contributed by atoms with Gasteiger partial charge in [-0.1, -0.05) is 0 Å². The number of halogens is 3. The number of pyridine rings is 1. The molecule has 3 heterocycles. The molecule has 22 heavy (non-hydrogen) atoms. The first kappa shape index (κ1) is 15.6. The van der Waals surface area contributed by atoms with Crippen LogP contribution in [0.2, 0.25) is 0 Å². The Hall–Kier alpha value is -1.34. The smallest absolute Gasteiger partial charge is 0.383 e. The standard InChI is InChI=1S/C15H20F3N3O/c1-9(2)20-4-5-21-12(8-20)14(3,22)11-6-10(15(16,17)18)7-19-13(11)21/h6-7,9,12,22H,4-5,8H2,1-3H3/t12-,14-/m0/s1. The van der Waals surface area contributed by atoms with Crippen LogP contribution in [0.15, 0.2) is 12.3 Å². The topological polar surface area (TPSA) is 39.6 Å². The SMILES string of the molecule is CC(C)N1CCN2c3ncc(C(F)(F)F)cc3[C@](C)(O)[C@@H]2C1. The lowest BCUT2D eigenvalue weighted by molar-refractivity contribution is -0.138. The Morgan fingerprint density at radius 1 is 1.36 bits per heavy atom. The van der Waals surface area contributed by atoms with Crippen LogP contribution in [0.25, 0.3) is 0 Å². The van der Waals surface area contributed by atoms with E-state index in [2.05, 4.69) is 23.7 Å². The molecule has 2 aliphatic rings. The maximum Gasteiger partial charge on any atom is 0.417 e. The van der Waals surface area contributed by atoms with Crippen molar-refractivity contribution in [3.63, 3.8) is 0 Å². The Morgan fingerprint density at radius 3 is 2.64 bits per heavy atom. The molecule has 2 atom stereocenters. The summed E-state index contributed by atoms with van der Waals surface area (Å²) in [6.45, 7) is 7.82. The normalized spacial score (nSPS) is 28.9. The molecule has 1 aromatic rings. The molecule has 0 spiro atoms. The van der Waals surface area contributed by atoms with Gasteiger partial charge in [0, 0.05) is 37.4 Å². The minimum Gasteiger partial charge on any atom is -0.383 e. The minimum absolute atomic E-state index is 0.269. The highest BCUT2D eigenvalue weighted by Crippen LogP contribution is 2.45. The van der Waals surface area contributed by atoms with E-state index in [0.29, 0.717) is 24.9 Å². The van der Waals surface area contributed by atoms with Gasteiger partial charge in [0.25, 0.3) is 0 Å². The van der Waals surface area contributed by atoms with Gasteiger partial charge in [-0.05, 0) is 26.8 Å². The number of hydrogen-bond acceptors (Lipinski definition) is 4. The summed E-state index contributed by atoms with van der Waals surface area (Å²) >= 11 is 0. The lowest BCUT2D eigenvalue weighted by Gasteiger charge is -2.43. The number of hydrogen-bond donors (Lipinski definition) is 1. The van der Waals surface area contributed by atoms with Crippen LogP contribution >= 0.6 is 0 Å². The van der Waals surface area contributed by atoms with Gasteiger partial charge in [-0.3, -0.25) is 4.90 Å². The van der Waals surface area contributed by atoms with Gasteiger partial charge in [-0.25, -0.2) is 4.98 Å². The molecule has 4 nitrogen and oxygen atoms in total. The average Bonchev–Trinajstić information content (AvgIpc) is 2.66. The molecular weight excluding hydrogens is 295 g/mol. The number of aromatic nitrogens is 1. The summed E-state index contributed by atoms with van der Waals surface area (Å²) in [4.78, 5) is 8.17. The van der Waals surface area contributed by atoms with Gasteiger partial charge in [-0.15, -0.1) is 0 Å². The highest BCUT2D eigenvalue weighted by atomic mass is 19.4. The first-order chi connectivity index (χ1) is 10.1. The van der Waals surface area contributed by atoms with Crippen molar-refractivity contribution >= 4 is 5.82 Å². The van der Waals surface area contributed by atoms with Crippen LogP contribution in [-0.2, 0) is 11.8 Å². The molecule has 1 aromatic heterocycles. The number of nitrogens with zero attached hydrogens (tertiary/aromatic N) is 3. The van der Waals surface area contributed by atoms with Crippen molar-refractivity contribution in [1.29, 1.82) is 0 Å². The van der Waals surface area contributed by atoms with E-state index < -0.39 is 17.3 Å². The molecule has 7 heteroatoms. The van der Waals surface area contributed by atoms with E-state index in [1.165, 1.54) is 0 Å². The zero-order chi connectivity index (χ0) is 16.3. The van der Waals surface area contributed by atoms with Gasteiger partial charge in [-0.2, -0.15) is 13.2 Å². The molecule has 1 N–H and O–H groups in total. The van der Waals surface area contributed by atoms with Crippen molar-refractivity contribution in [3.05, 3.63) is 23.4 Å². The Balaban J connectivity index is 2.01. The summed E-state index contributed by atoms with van der Waals surface area (Å²) in [5.74, 6) is 0.478. The Morgan fingerprint density at radius 2 is 2.05 bits per heavy atom. The molecule has 1 fully saturated rings. The van der Waals surface area contributed by atoms with Crippen LogP contribution in [0.5, 0.6) is 0 Å². The van der Waals surface area contributed by atoms with Crippen LogP contribution in [0, 0.1) is 0 Å². The summed E-state index contributed by atoms with van der Waals surface area (Å²) in [5.41, 5.74) is -1.87. The van der Waals surface area contributed by atoms with E-state index in [-0.39, 0.29) is 11.6 Å². The third-order valence-electron chi connectivity index (χ3n) is 4.80. The number of alkyl halides is 3. The molecule has 0 unspecified atom stereocenters. The molecular formula is C15H20F3N3O. The second-order valence-corrected chi connectivity index (χ2v) is 6.54. The predicted molar refractivity (Wildman–Crippen MR) is 76.7 cm³/mol. The van der Waals surface area contributed by atoms with Crippen molar-refractivity contribution in [3.8, 4) is 0 Å². The third kappa shape index (κ3) is 2.27. The van der Waals surface area contributed by atoms with E-state index in [4.69, 9.17) is 0 Å². The lowest BCUT2D eigenvalue weighted by Crippen LogP contribution is -2.58. The monoisotopic (exact) mass is 315 g/mol. The second kappa shape index (κ2) is 4.83. The van der Waals surface area contributed by atoms with E-state index in [1.807, 2.05) is 4.90 Å². The third-order valence-corrected chi connectivity index (χ3v) is 4.80. The van der Waals surface area contributed by atoms with E-state index in [0.717, 1.165) is 18.8 Å². The molecule has 0 radical (unpaired) electrons. The van der Waals surface area contributed by atoms with Gasteiger partial charge < -0.3 is 10.0 Å². The van der Waals surface area contributed by atoms with Gasteiger partial charge >= 0.3 is 6.18 Å². The molecule has 3 rings (SSSR count). The van der Waals surface area contributed by atoms with Crippen molar-refractivity contribution < 1.29 is 18.3 Å². The van der Waals surface area contributed by atoms with Gasteiger partial charge in [0.05, 0.1) is 11.6 Å². The molecule has 0 saturated carbocycles. The van der Waals surface area contributed by atoms with Crippen LogP contribution in [0.1, 0.15) is 31.9 Å². The molecule has 0 aliphatic carbocycles. The first-order valence-electron chi connectivity index (χ1n) is 7.43.